The summed E-state index contributed by atoms with van der Waals surface area (Å²) in [5.41, 5.74) is 0.354. The molecule has 1 saturated carbocycles. The number of hydrogen-bond donors (Lipinski definition) is 0. The Labute approximate surface area is 93.9 Å². The van der Waals surface area contributed by atoms with Crippen LogP contribution < -0.4 is 0 Å². The molecule has 0 spiro atoms. The van der Waals surface area contributed by atoms with E-state index in [0.29, 0.717) is 23.0 Å². The van der Waals surface area contributed by atoms with Crippen molar-refractivity contribution in [2.75, 3.05) is 0 Å². The molecule has 1 aliphatic carbocycles. The highest BCUT2D eigenvalue weighted by Crippen LogP contribution is 2.40. The lowest BCUT2D eigenvalue weighted by Gasteiger charge is -2.37. The number of ketones is 1. The minimum Gasteiger partial charge on any atom is -0.299 e. The maximum absolute atomic E-state index is 11.7. The molecule has 0 heterocycles. The first-order valence-electron chi connectivity index (χ1n) is 6.08. The molecule has 1 fully saturated rings. The number of rotatable bonds is 3. The Morgan fingerprint density at radius 3 is 2.67 bits per heavy atom. The molecule has 1 aliphatic rings. The molecule has 1 heteroatoms. The first-order valence-corrected chi connectivity index (χ1v) is 6.08. The van der Waals surface area contributed by atoms with Crippen molar-refractivity contribution in [2.24, 2.45) is 17.3 Å². The fourth-order valence-corrected chi connectivity index (χ4v) is 2.50. The van der Waals surface area contributed by atoms with Crippen LogP contribution in [0, 0.1) is 17.3 Å². The average molecular weight is 208 g/mol. The SMILES string of the molecule is C=CCCC1CC(C(C)(C)C)CCC1=O. The Bertz CT molecular complexity index is 234. The standard InChI is InChI=1S/C14H24O/c1-5-6-7-11-10-12(14(2,3)4)8-9-13(11)15/h5,11-12H,1,6-10H2,2-4H3. The number of carbonyl (C=O) groups is 1. The van der Waals surface area contributed by atoms with Crippen molar-refractivity contribution >= 4 is 5.78 Å². The van der Waals surface area contributed by atoms with E-state index < -0.39 is 0 Å². The predicted molar refractivity (Wildman–Crippen MR) is 64.7 cm³/mol. The zero-order chi connectivity index (χ0) is 11.5. The fraction of sp³-hybridized carbons (Fsp3) is 0.786. The van der Waals surface area contributed by atoms with Crippen LogP contribution in [-0.2, 0) is 4.79 Å². The first-order chi connectivity index (χ1) is 6.95. The molecule has 0 radical (unpaired) electrons. The van der Waals surface area contributed by atoms with Crippen LogP contribution in [-0.4, -0.2) is 5.78 Å². The lowest BCUT2D eigenvalue weighted by Crippen LogP contribution is -2.31. The molecule has 2 atom stereocenters. The van der Waals surface area contributed by atoms with Crippen molar-refractivity contribution in [1.82, 2.24) is 0 Å². The van der Waals surface area contributed by atoms with Gasteiger partial charge in [-0.1, -0.05) is 26.8 Å². The third-order valence-corrected chi connectivity index (χ3v) is 3.71. The third kappa shape index (κ3) is 3.48. The third-order valence-electron chi connectivity index (χ3n) is 3.71. The van der Waals surface area contributed by atoms with Gasteiger partial charge in [0.2, 0.25) is 0 Å². The van der Waals surface area contributed by atoms with E-state index in [-0.39, 0.29) is 0 Å². The minimum atomic E-state index is 0.306. The highest BCUT2D eigenvalue weighted by molar-refractivity contribution is 5.81. The van der Waals surface area contributed by atoms with Gasteiger partial charge in [-0.15, -0.1) is 6.58 Å². The zero-order valence-electron chi connectivity index (χ0n) is 10.4. The van der Waals surface area contributed by atoms with Crippen LogP contribution in [0.4, 0.5) is 0 Å². The van der Waals surface area contributed by atoms with Gasteiger partial charge in [-0.3, -0.25) is 4.79 Å². The van der Waals surface area contributed by atoms with Crippen LogP contribution in [0.1, 0.15) is 52.9 Å². The summed E-state index contributed by atoms with van der Waals surface area (Å²) in [6.45, 7) is 10.6. The average Bonchev–Trinajstić information content (AvgIpc) is 2.15. The second-order valence-corrected chi connectivity index (χ2v) is 5.87. The maximum atomic E-state index is 11.7. The second kappa shape index (κ2) is 4.96. The smallest absolute Gasteiger partial charge is 0.136 e. The lowest BCUT2D eigenvalue weighted by atomic mass is 9.68. The second-order valence-electron chi connectivity index (χ2n) is 5.87. The number of carbonyl (C=O) groups excluding carboxylic acids is 1. The summed E-state index contributed by atoms with van der Waals surface area (Å²) >= 11 is 0. The normalized spacial score (nSPS) is 27.8. The molecule has 0 bridgehead atoms. The van der Waals surface area contributed by atoms with Gasteiger partial charge in [0.15, 0.2) is 0 Å². The largest absolute Gasteiger partial charge is 0.299 e. The summed E-state index contributed by atoms with van der Waals surface area (Å²) in [7, 11) is 0. The van der Waals surface area contributed by atoms with E-state index in [1.807, 2.05) is 6.08 Å². The van der Waals surface area contributed by atoms with Gasteiger partial charge in [-0.2, -0.15) is 0 Å². The maximum Gasteiger partial charge on any atom is 0.136 e. The van der Waals surface area contributed by atoms with Crippen molar-refractivity contribution in [3.63, 3.8) is 0 Å². The molecule has 86 valence electrons. The van der Waals surface area contributed by atoms with Crippen LogP contribution >= 0.6 is 0 Å². The topological polar surface area (TPSA) is 17.1 Å². The highest BCUT2D eigenvalue weighted by atomic mass is 16.1. The predicted octanol–water partition coefficient (Wildman–Crippen LogP) is 3.98. The van der Waals surface area contributed by atoms with Crippen LogP contribution in [0.15, 0.2) is 12.7 Å². The lowest BCUT2D eigenvalue weighted by molar-refractivity contribution is -0.126. The Morgan fingerprint density at radius 2 is 2.13 bits per heavy atom. The highest BCUT2D eigenvalue weighted by Gasteiger charge is 2.34. The van der Waals surface area contributed by atoms with E-state index in [9.17, 15) is 4.79 Å². The molecule has 2 unspecified atom stereocenters. The molecule has 0 aromatic rings. The molecule has 15 heavy (non-hydrogen) atoms. The molecule has 0 N–H and O–H groups in total. The quantitative estimate of drug-likeness (QED) is 0.641. The molecule has 0 aromatic carbocycles. The minimum absolute atomic E-state index is 0.306. The van der Waals surface area contributed by atoms with Crippen molar-refractivity contribution in [3.05, 3.63) is 12.7 Å². The van der Waals surface area contributed by atoms with E-state index in [2.05, 4.69) is 27.4 Å². The van der Waals surface area contributed by atoms with Crippen LogP contribution in [0.25, 0.3) is 0 Å². The summed E-state index contributed by atoms with van der Waals surface area (Å²) in [6, 6.07) is 0. The Kier molecular flexibility index (Phi) is 4.12. The van der Waals surface area contributed by atoms with E-state index in [1.165, 1.54) is 0 Å². The van der Waals surface area contributed by atoms with E-state index >= 15 is 0 Å². The van der Waals surface area contributed by atoms with Crippen LogP contribution in [0.3, 0.4) is 0 Å². The number of allylic oxidation sites excluding steroid dienone is 1. The van der Waals surface area contributed by atoms with Gasteiger partial charge < -0.3 is 0 Å². The molecule has 0 amide bonds. The summed E-state index contributed by atoms with van der Waals surface area (Å²) < 4.78 is 0. The molecule has 0 aliphatic heterocycles. The Hall–Kier alpha value is -0.590. The van der Waals surface area contributed by atoms with Crippen LogP contribution in [0.5, 0.6) is 0 Å². The van der Waals surface area contributed by atoms with E-state index in [4.69, 9.17) is 0 Å². The molecule has 1 nitrogen and oxygen atoms in total. The van der Waals surface area contributed by atoms with Gasteiger partial charge >= 0.3 is 0 Å². The number of Topliss-reactive ketones (excluding diaryl/α,β-unsaturated/α-hetero) is 1. The summed E-state index contributed by atoms with van der Waals surface area (Å²) in [5.74, 6) is 1.50. The monoisotopic (exact) mass is 208 g/mol. The van der Waals surface area contributed by atoms with E-state index in [0.717, 1.165) is 32.1 Å². The molecule has 0 aromatic heterocycles. The summed E-state index contributed by atoms with van der Waals surface area (Å²) in [4.78, 5) is 11.7. The van der Waals surface area contributed by atoms with Crippen molar-refractivity contribution in [3.8, 4) is 0 Å². The van der Waals surface area contributed by atoms with Crippen molar-refractivity contribution in [1.29, 1.82) is 0 Å². The molecule has 0 saturated heterocycles. The van der Waals surface area contributed by atoms with Crippen LogP contribution in [0.2, 0.25) is 0 Å². The van der Waals surface area contributed by atoms with Gasteiger partial charge in [0.1, 0.15) is 5.78 Å². The molecular weight excluding hydrogens is 184 g/mol. The summed E-state index contributed by atoms with van der Waals surface area (Å²) in [6.07, 6.45) is 6.89. The van der Waals surface area contributed by atoms with Gasteiger partial charge in [-0.05, 0) is 37.0 Å². The van der Waals surface area contributed by atoms with Gasteiger partial charge in [0.05, 0.1) is 0 Å². The first kappa shape index (κ1) is 12.5. The Balaban J connectivity index is 2.55. The fourth-order valence-electron chi connectivity index (χ4n) is 2.50. The van der Waals surface area contributed by atoms with Gasteiger partial charge in [0, 0.05) is 12.3 Å². The van der Waals surface area contributed by atoms with Crippen molar-refractivity contribution < 1.29 is 4.79 Å². The summed E-state index contributed by atoms with van der Waals surface area (Å²) in [5, 5.41) is 0. The van der Waals surface area contributed by atoms with Crippen molar-refractivity contribution in [2.45, 2.75) is 52.9 Å². The van der Waals surface area contributed by atoms with Gasteiger partial charge in [0.25, 0.3) is 0 Å². The van der Waals surface area contributed by atoms with E-state index in [1.54, 1.807) is 0 Å². The zero-order valence-corrected chi connectivity index (χ0v) is 10.4. The van der Waals surface area contributed by atoms with Gasteiger partial charge in [-0.25, -0.2) is 0 Å². The Morgan fingerprint density at radius 1 is 1.47 bits per heavy atom. The molecular formula is C14H24O. The number of hydrogen-bond acceptors (Lipinski definition) is 1. The molecule has 1 rings (SSSR count).